The van der Waals surface area contributed by atoms with Gasteiger partial charge in [-0.15, -0.1) is 0 Å². The summed E-state index contributed by atoms with van der Waals surface area (Å²) >= 11 is 4.08. The summed E-state index contributed by atoms with van der Waals surface area (Å²) in [6.07, 6.45) is 0.467. The van der Waals surface area contributed by atoms with Crippen molar-refractivity contribution in [3.63, 3.8) is 0 Å². The van der Waals surface area contributed by atoms with Gasteiger partial charge in [-0.2, -0.15) is 12.6 Å². The van der Waals surface area contributed by atoms with Crippen LogP contribution >= 0.6 is 12.6 Å². The van der Waals surface area contributed by atoms with Gasteiger partial charge in [0.05, 0.1) is 19.1 Å². The van der Waals surface area contributed by atoms with E-state index in [0.29, 0.717) is 18.6 Å². The average molecular weight is 442 g/mol. The van der Waals surface area contributed by atoms with E-state index in [0.717, 1.165) is 5.56 Å². The highest BCUT2D eigenvalue weighted by Crippen LogP contribution is 2.13. The van der Waals surface area contributed by atoms with Gasteiger partial charge < -0.3 is 20.1 Å². The molecular weight excluding hydrogens is 410 g/mol. The summed E-state index contributed by atoms with van der Waals surface area (Å²) in [7, 11) is 3.10. The van der Waals surface area contributed by atoms with Crippen LogP contribution in [0.15, 0.2) is 24.3 Å². The van der Waals surface area contributed by atoms with Gasteiger partial charge in [-0.05, 0) is 31.0 Å². The molecule has 0 saturated carbocycles. The van der Waals surface area contributed by atoms with Crippen LogP contribution in [-0.4, -0.2) is 61.6 Å². The second-order valence-corrected chi connectivity index (χ2v) is 7.10. The van der Waals surface area contributed by atoms with E-state index >= 15 is 0 Å². The van der Waals surface area contributed by atoms with E-state index in [9.17, 15) is 14.4 Å². The number of hydrogen-bond acceptors (Lipinski definition) is 7. The molecule has 4 N–H and O–H groups in total. The van der Waals surface area contributed by atoms with Gasteiger partial charge in [0.15, 0.2) is 0 Å². The van der Waals surface area contributed by atoms with Crippen LogP contribution < -0.4 is 20.9 Å². The first-order valence-corrected chi connectivity index (χ1v) is 10.3. The number of ether oxygens (including phenoxy) is 2. The highest BCUT2D eigenvalue weighted by atomic mass is 32.1. The second-order valence-electron chi connectivity index (χ2n) is 6.73. The summed E-state index contributed by atoms with van der Waals surface area (Å²) in [5, 5.41) is 14.0. The first-order chi connectivity index (χ1) is 14.4. The summed E-state index contributed by atoms with van der Waals surface area (Å²) in [5.41, 5.74) is 2.48. The predicted octanol–water partition coefficient (Wildman–Crippen LogP) is 0.705. The van der Waals surface area contributed by atoms with Gasteiger partial charge in [-0.3, -0.25) is 19.6 Å². The molecule has 0 aliphatic carbocycles. The lowest BCUT2D eigenvalue weighted by Gasteiger charge is -2.21. The minimum atomic E-state index is -0.697. The fourth-order valence-corrected chi connectivity index (χ4v) is 3.26. The van der Waals surface area contributed by atoms with Crippen molar-refractivity contribution in [3.05, 3.63) is 29.8 Å². The zero-order valence-electron chi connectivity index (χ0n) is 17.5. The van der Waals surface area contributed by atoms with Crippen molar-refractivity contribution < 1.29 is 29.1 Å². The Balaban J connectivity index is 2.50. The Morgan fingerprint density at radius 3 is 2.37 bits per heavy atom. The van der Waals surface area contributed by atoms with Gasteiger partial charge >= 0.3 is 0 Å². The SMILES string of the molecule is CNC(=O)[C@H](Cc1ccc(OC)cc1)NC(=O)CCCOC(C)C(CS)C(=O)NO. The highest BCUT2D eigenvalue weighted by Gasteiger charge is 2.24. The van der Waals surface area contributed by atoms with Gasteiger partial charge in [0, 0.05) is 32.2 Å². The molecule has 9 nitrogen and oxygen atoms in total. The van der Waals surface area contributed by atoms with Crippen molar-refractivity contribution in [1.82, 2.24) is 16.1 Å². The molecule has 3 atom stereocenters. The standard InChI is InChI=1S/C20H31N3O6S/c1-13(16(12-30)19(25)23-27)29-10-4-5-18(24)22-17(20(26)21-2)11-14-6-8-15(28-3)9-7-14/h6-9,13,16-17,27,30H,4-5,10-12H2,1-3H3,(H,21,26)(H,22,24)(H,23,25)/t13?,16?,17-/m0/s1. The van der Waals surface area contributed by atoms with Crippen LogP contribution in [0.3, 0.4) is 0 Å². The Morgan fingerprint density at radius 1 is 1.17 bits per heavy atom. The van der Waals surface area contributed by atoms with E-state index in [2.05, 4.69) is 23.3 Å². The Kier molecular flexibility index (Phi) is 11.9. The van der Waals surface area contributed by atoms with Gasteiger partial charge in [0.2, 0.25) is 17.7 Å². The molecule has 10 heteroatoms. The van der Waals surface area contributed by atoms with Crippen molar-refractivity contribution >= 4 is 30.4 Å². The lowest BCUT2D eigenvalue weighted by molar-refractivity contribution is -0.137. The Morgan fingerprint density at radius 2 is 1.83 bits per heavy atom. The lowest BCUT2D eigenvalue weighted by Crippen LogP contribution is -2.47. The molecule has 0 spiro atoms. The van der Waals surface area contributed by atoms with E-state index < -0.39 is 24.0 Å². The second kappa shape index (κ2) is 13.8. The van der Waals surface area contributed by atoms with Crippen LogP contribution in [0.1, 0.15) is 25.3 Å². The van der Waals surface area contributed by atoms with Crippen LogP contribution in [0.2, 0.25) is 0 Å². The molecule has 1 aromatic rings. The van der Waals surface area contributed by atoms with Gasteiger partial charge in [0.25, 0.3) is 0 Å². The summed E-state index contributed by atoms with van der Waals surface area (Å²) < 4.78 is 10.7. The normalized spacial score (nSPS) is 13.6. The number of amides is 3. The predicted molar refractivity (Wildman–Crippen MR) is 115 cm³/mol. The molecule has 1 rings (SSSR count). The molecule has 3 amide bonds. The molecule has 0 aliphatic heterocycles. The summed E-state index contributed by atoms with van der Waals surface area (Å²) in [5.74, 6) is -0.794. The minimum Gasteiger partial charge on any atom is -0.497 e. The van der Waals surface area contributed by atoms with Crippen molar-refractivity contribution in [2.75, 3.05) is 26.5 Å². The zero-order valence-corrected chi connectivity index (χ0v) is 18.4. The summed E-state index contributed by atoms with van der Waals surface area (Å²) in [6.45, 7) is 1.95. The molecule has 0 aromatic heterocycles. The Bertz CT molecular complexity index is 686. The number of likely N-dealkylation sites (N-methyl/N-ethyl adjacent to an activating group) is 1. The first kappa shape index (κ1) is 25.7. The monoisotopic (exact) mass is 441 g/mol. The molecule has 0 fully saturated rings. The highest BCUT2D eigenvalue weighted by molar-refractivity contribution is 7.80. The third-order valence-electron chi connectivity index (χ3n) is 4.64. The third kappa shape index (κ3) is 8.60. The third-order valence-corrected chi connectivity index (χ3v) is 5.03. The number of carbonyl (C=O) groups excluding carboxylic acids is 3. The maximum Gasteiger partial charge on any atom is 0.249 e. The van der Waals surface area contributed by atoms with Gasteiger partial charge in [-0.25, -0.2) is 5.48 Å². The first-order valence-electron chi connectivity index (χ1n) is 9.66. The summed E-state index contributed by atoms with van der Waals surface area (Å²) in [4.78, 5) is 36.0. The van der Waals surface area contributed by atoms with E-state index in [1.165, 1.54) is 7.05 Å². The van der Waals surface area contributed by atoms with Crippen LogP contribution in [0.5, 0.6) is 5.75 Å². The van der Waals surface area contributed by atoms with Crippen LogP contribution in [0, 0.1) is 5.92 Å². The van der Waals surface area contributed by atoms with Gasteiger partial charge in [-0.1, -0.05) is 12.1 Å². The molecule has 0 bridgehead atoms. The Hall–Kier alpha value is -2.30. The van der Waals surface area contributed by atoms with Crippen molar-refractivity contribution in [2.45, 2.75) is 38.3 Å². The number of benzene rings is 1. The number of methoxy groups -OCH3 is 1. The number of hydrogen-bond donors (Lipinski definition) is 5. The molecule has 30 heavy (non-hydrogen) atoms. The van der Waals surface area contributed by atoms with Crippen molar-refractivity contribution in [2.24, 2.45) is 5.92 Å². The largest absolute Gasteiger partial charge is 0.497 e. The average Bonchev–Trinajstić information content (AvgIpc) is 2.76. The number of rotatable bonds is 13. The Labute approximate surface area is 182 Å². The van der Waals surface area contributed by atoms with Crippen molar-refractivity contribution in [3.8, 4) is 5.75 Å². The number of carbonyl (C=O) groups is 3. The number of thiol groups is 1. The minimum absolute atomic E-state index is 0.167. The maximum atomic E-state index is 12.3. The molecule has 168 valence electrons. The van der Waals surface area contributed by atoms with Crippen LogP contribution in [0.4, 0.5) is 0 Å². The number of hydroxylamine groups is 1. The fourth-order valence-electron chi connectivity index (χ4n) is 2.79. The van der Waals surface area contributed by atoms with E-state index in [-0.39, 0.29) is 30.6 Å². The smallest absolute Gasteiger partial charge is 0.249 e. The number of nitrogens with one attached hydrogen (secondary N) is 3. The van der Waals surface area contributed by atoms with Gasteiger partial charge in [0.1, 0.15) is 11.8 Å². The maximum absolute atomic E-state index is 12.3. The quantitative estimate of drug-likeness (QED) is 0.133. The molecule has 0 heterocycles. The molecule has 1 aromatic carbocycles. The van der Waals surface area contributed by atoms with Crippen LogP contribution in [-0.2, 0) is 25.5 Å². The lowest BCUT2D eigenvalue weighted by atomic mass is 10.0. The summed E-state index contributed by atoms with van der Waals surface area (Å²) in [6, 6.07) is 6.59. The van der Waals surface area contributed by atoms with E-state index in [1.54, 1.807) is 31.6 Å². The van der Waals surface area contributed by atoms with E-state index in [4.69, 9.17) is 14.7 Å². The van der Waals surface area contributed by atoms with E-state index in [1.807, 2.05) is 12.1 Å². The molecule has 0 aliphatic rings. The fraction of sp³-hybridized carbons (Fsp3) is 0.550. The van der Waals surface area contributed by atoms with Crippen molar-refractivity contribution in [1.29, 1.82) is 0 Å². The molecular formula is C20H31N3O6S. The molecule has 2 unspecified atom stereocenters. The zero-order chi connectivity index (χ0) is 22.5. The van der Waals surface area contributed by atoms with Crippen LogP contribution in [0.25, 0.3) is 0 Å². The topological polar surface area (TPSA) is 126 Å². The molecule has 0 saturated heterocycles. The molecule has 0 radical (unpaired) electrons.